The molecule has 3 atom stereocenters. The smallest absolute Gasteiger partial charge is 0.268 e. The van der Waals surface area contributed by atoms with Gasteiger partial charge in [0.1, 0.15) is 13.2 Å². The lowest BCUT2D eigenvalue weighted by Gasteiger charge is -2.29. The van der Waals surface area contributed by atoms with Gasteiger partial charge >= 0.3 is 0 Å². The lowest BCUT2D eigenvalue weighted by molar-refractivity contribution is -0.870. The minimum absolute atomic E-state index is 0.00892. The van der Waals surface area contributed by atoms with Crippen molar-refractivity contribution in [3.63, 3.8) is 0 Å². The summed E-state index contributed by atoms with van der Waals surface area (Å²) in [5.74, 6) is -0.207. The van der Waals surface area contributed by atoms with E-state index in [-0.39, 0.29) is 12.5 Å². The van der Waals surface area contributed by atoms with Crippen molar-refractivity contribution in [1.29, 1.82) is 0 Å². The monoisotopic (exact) mass is 1100 g/mol. The highest BCUT2D eigenvalue weighted by molar-refractivity contribution is 7.45. The summed E-state index contributed by atoms with van der Waals surface area (Å²) in [7, 11) is 1.24. The number of hydrogen-bond donors (Lipinski definition) is 2. The minimum Gasteiger partial charge on any atom is -0.756 e. The third-order valence-electron chi connectivity index (χ3n) is 14.9. The fourth-order valence-electron chi connectivity index (χ4n) is 9.75. The number of hydrogen-bond acceptors (Lipinski definition) is 6. The highest BCUT2D eigenvalue weighted by Gasteiger charge is 2.23. The van der Waals surface area contributed by atoms with E-state index in [0.717, 1.165) is 51.4 Å². The molecule has 3 unspecified atom stereocenters. The quantitative estimate of drug-likeness (QED) is 0.0272. The third-order valence-corrected chi connectivity index (χ3v) is 15.9. The van der Waals surface area contributed by atoms with Crippen LogP contribution >= 0.6 is 7.82 Å². The molecule has 9 heteroatoms. The molecule has 0 aliphatic heterocycles. The highest BCUT2D eigenvalue weighted by Crippen LogP contribution is 2.38. The molecule has 8 nitrogen and oxygen atoms in total. The lowest BCUT2D eigenvalue weighted by atomic mass is 10.0. The van der Waals surface area contributed by atoms with E-state index in [1.807, 2.05) is 27.2 Å². The van der Waals surface area contributed by atoms with Crippen LogP contribution in [0.3, 0.4) is 0 Å². The summed E-state index contributed by atoms with van der Waals surface area (Å²) in [5.41, 5.74) is 0. The number of likely N-dealkylation sites (N-methyl/N-ethyl adjacent to an activating group) is 1. The van der Waals surface area contributed by atoms with E-state index in [1.165, 1.54) is 244 Å². The maximum Gasteiger partial charge on any atom is 0.268 e. The van der Waals surface area contributed by atoms with Crippen LogP contribution in [0.2, 0.25) is 0 Å². The average Bonchev–Trinajstić information content (AvgIpc) is 3.39. The first-order valence-corrected chi connectivity index (χ1v) is 34.6. The summed E-state index contributed by atoms with van der Waals surface area (Å²) in [6, 6.07) is -0.911. The van der Waals surface area contributed by atoms with Crippen LogP contribution in [0.15, 0.2) is 60.8 Å². The number of carbonyl (C=O) groups is 1. The number of phosphoric acid groups is 1. The molecule has 77 heavy (non-hydrogen) atoms. The van der Waals surface area contributed by atoms with Gasteiger partial charge in [0.2, 0.25) is 5.91 Å². The second kappa shape index (κ2) is 58.8. The zero-order chi connectivity index (χ0) is 56.3. The fraction of sp³-hybridized carbons (Fsp3) is 0.838. The molecule has 452 valence electrons. The number of phosphoric ester groups is 1. The molecule has 0 saturated carbocycles. The molecule has 2 N–H and O–H groups in total. The van der Waals surface area contributed by atoms with Crippen LogP contribution in [-0.2, 0) is 18.4 Å². The first kappa shape index (κ1) is 75.2. The molecule has 0 saturated heterocycles. The van der Waals surface area contributed by atoms with Gasteiger partial charge in [0, 0.05) is 6.42 Å². The van der Waals surface area contributed by atoms with Gasteiger partial charge in [0.15, 0.2) is 0 Å². The molecule has 0 heterocycles. The van der Waals surface area contributed by atoms with Gasteiger partial charge in [0.05, 0.1) is 39.9 Å². The maximum absolute atomic E-state index is 13.0. The summed E-state index contributed by atoms with van der Waals surface area (Å²) >= 11 is 0. The second-order valence-electron chi connectivity index (χ2n) is 23.8. The molecule has 0 spiro atoms. The molecule has 0 radical (unpaired) electrons. The topological polar surface area (TPSA) is 108 Å². The van der Waals surface area contributed by atoms with Crippen LogP contribution in [0.1, 0.15) is 316 Å². The number of aliphatic hydroxyl groups excluding tert-OH is 1. The molecule has 0 aromatic carbocycles. The van der Waals surface area contributed by atoms with E-state index < -0.39 is 26.6 Å². The Labute approximate surface area is 479 Å². The zero-order valence-corrected chi connectivity index (χ0v) is 52.6. The van der Waals surface area contributed by atoms with Gasteiger partial charge < -0.3 is 28.8 Å². The number of aliphatic hydroxyl groups is 1. The lowest BCUT2D eigenvalue weighted by Crippen LogP contribution is -2.45. The molecule has 0 bridgehead atoms. The van der Waals surface area contributed by atoms with Crippen LogP contribution in [0.25, 0.3) is 0 Å². The molecular weight excluding hydrogens is 972 g/mol. The first-order chi connectivity index (χ1) is 37.5. The van der Waals surface area contributed by atoms with Crippen LogP contribution in [0, 0.1) is 0 Å². The minimum atomic E-state index is -4.61. The zero-order valence-electron chi connectivity index (χ0n) is 51.7. The summed E-state index contributed by atoms with van der Waals surface area (Å²) in [6.45, 7) is 4.64. The highest BCUT2D eigenvalue weighted by atomic mass is 31.2. The Morgan fingerprint density at radius 1 is 0.455 bits per heavy atom. The summed E-state index contributed by atoms with van der Waals surface area (Å²) in [5, 5.41) is 13.9. The van der Waals surface area contributed by atoms with Crippen molar-refractivity contribution in [2.24, 2.45) is 0 Å². The molecule has 0 aromatic heterocycles. The number of unbranched alkanes of at least 4 members (excludes halogenated alkanes) is 40. The second-order valence-corrected chi connectivity index (χ2v) is 25.2. The van der Waals surface area contributed by atoms with E-state index in [4.69, 9.17) is 9.05 Å². The number of quaternary nitrogens is 1. The molecule has 0 aliphatic rings. The fourth-order valence-corrected chi connectivity index (χ4v) is 10.5. The van der Waals surface area contributed by atoms with Gasteiger partial charge in [-0.15, -0.1) is 0 Å². The Kier molecular flexibility index (Phi) is 57.5. The number of nitrogens with one attached hydrogen (secondary N) is 1. The molecule has 0 fully saturated rings. The van der Waals surface area contributed by atoms with Crippen molar-refractivity contribution >= 4 is 13.7 Å². The largest absolute Gasteiger partial charge is 0.756 e. The Morgan fingerprint density at radius 2 is 0.766 bits per heavy atom. The molecule has 0 rings (SSSR count). The van der Waals surface area contributed by atoms with Gasteiger partial charge in [-0.2, -0.15) is 0 Å². The van der Waals surface area contributed by atoms with Crippen molar-refractivity contribution in [3.05, 3.63) is 60.8 Å². The third kappa shape index (κ3) is 61.7. The molecular formula is C68H129N2O6P. The van der Waals surface area contributed by atoms with Gasteiger partial charge in [0.25, 0.3) is 7.82 Å². The molecule has 0 aliphatic carbocycles. The number of amides is 1. The van der Waals surface area contributed by atoms with Gasteiger partial charge in [-0.05, 0) is 77.0 Å². The van der Waals surface area contributed by atoms with Crippen LogP contribution in [0.4, 0.5) is 0 Å². The normalized spacial score (nSPS) is 14.1. The van der Waals surface area contributed by atoms with Gasteiger partial charge in [-0.25, -0.2) is 0 Å². The van der Waals surface area contributed by atoms with Crippen LogP contribution in [0.5, 0.6) is 0 Å². The number of rotatable bonds is 61. The van der Waals surface area contributed by atoms with Crippen molar-refractivity contribution in [1.82, 2.24) is 5.32 Å². The average molecular weight is 1100 g/mol. The van der Waals surface area contributed by atoms with Crippen molar-refractivity contribution in [3.8, 4) is 0 Å². The SMILES string of the molecule is CCCCCCC/C=C\C/C=C\CCCCCCCCCCCCCCCCCCCCCCCC(=O)NC(COP(=O)([O-])OCC[N+](C)(C)C)C(O)/C=C/CC/C=C/CC/C=C/CCCCCCCCCCCCCC. The number of nitrogens with zero attached hydrogens (tertiary/aromatic N) is 1. The number of carbonyl (C=O) groups excluding carboxylic acids is 1. The van der Waals surface area contributed by atoms with Crippen molar-refractivity contribution in [2.75, 3.05) is 40.9 Å². The van der Waals surface area contributed by atoms with E-state index >= 15 is 0 Å². The predicted molar refractivity (Wildman–Crippen MR) is 334 cm³/mol. The van der Waals surface area contributed by atoms with Crippen molar-refractivity contribution < 1.29 is 32.9 Å². The Bertz CT molecular complexity index is 1440. The van der Waals surface area contributed by atoms with Gasteiger partial charge in [-0.3, -0.25) is 9.36 Å². The molecule has 0 aromatic rings. The van der Waals surface area contributed by atoms with Crippen LogP contribution < -0.4 is 10.2 Å². The Hall–Kier alpha value is -1.80. The Morgan fingerprint density at radius 3 is 1.13 bits per heavy atom. The maximum atomic E-state index is 13.0. The predicted octanol–water partition coefficient (Wildman–Crippen LogP) is 20.2. The van der Waals surface area contributed by atoms with Crippen LogP contribution in [-0.4, -0.2) is 68.5 Å². The van der Waals surface area contributed by atoms with E-state index in [2.05, 4.69) is 67.8 Å². The van der Waals surface area contributed by atoms with E-state index in [9.17, 15) is 19.4 Å². The standard InChI is InChI=1S/C68H129N2O6P/c1-6-8-10-12-14-16-18-20-22-24-26-28-30-31-32-33-34-35-36-37-38-39-40-42-44-46-48-50-52-54-56-58-60-62-68(72)69-66(65-76-77(73,74)75-64-63-70(3,4)5)67(71)61-59-57-55-53-51-49-47-45-43-41-29-27-25-23-21-19-17-15-13-11-9-7-2/h18,20,24,26,43,45,51,53,59,61,66-67,71H,6-17,19,21-23,25,27-42,44,46-50,52,54-58,60,62-65H2,1-5H3,(H-,69,72,73,74)/b20-18-,26-24-,45-43+,53-51+,61-59+. The van der Waals surface area contributed by atoms with Gasteiger partial charge in [-0.1, -0.05) is 293 Å². The number of allylic oxidation sites excluding steroid dienone is 9. The summed E-state index contributed by atoms with van der Waals surface area (Å²) in [6.07, 6.45) is 80.5. The first-order valence-electron chi connectivity index (χ1n) is 33.2. The summed E-state index contributed by atoms with van der Waals surface area (Å²) < 4.78 is 23.4. The van der Waals surface area contributed by atoms with E-state index in [0.29, 0.717) is 17.4 Å². The Balaban J connectivity index is 4.10. The van der Waals surface area contributed by atoms with Crippen molar-refractivity contribution in [2.45, 2.75) is 328 Å². The molecule has 1 amide bonds. The van der Waals surface area contributed by atoms with E-state index in [1.54, 1.807) is 6.08 Å². The summed E-state index contributed by atoms with van der Waals surface area (Å²) in [4.78, 5) is 25.6.